The lowest BCUT2D eigenvalue weighted by Crippen LogP contribution is -1.93. The molecule has 0 saturated carbocycles. The predicted molar refractivity (Wildman–Crippen MR) is 81.3 cm³/mol. The highest BCUT2D eigenvalue weighted by Gasteiger charge is 2.04. The second kappa shape index (κ2) is 6.60. The van der Waals surface area contributed by atoms with Gasteiger partial charge >= 0.3 is 0 Å². The van der Waals surface area contributed by atoms with Crippen molar-refractivity contribution in [3.05, 3.63) is 47.7 Å². The van der Waals surface area contributed by atoms with Gasteiger partial charge in [-0.15, -0.1) is 0 Å². The Labute approximate surface area is 116 Å². The van der Waals surface area contributed by atoms with Gasteiger partial charge in [0.05, 0.1) is 6.26 Å². The third kappa shape index (κ3) is 3.99. The lowest BCUT2D eigenvalue weighted by Gasteiger charge is -2.08. The predicted octanol–water partition coefficient (Wildman–Crippen LogP) is 5.62. The van der Waals surface area contributed by atoms with Crippen molar-refractivity contribution >= 4 is 0 Å². The molecule has 2 aromatic rings. The van der Waals surface area contributed by atoms with E-state index < -0.39 is 0 Å². The van der Waals surface area contributed by atoms with E-state index in [-0.39, 0.29) is 0 Å². The van der Waals surface area contributed by atoms with Crippen LogP contribution >= 0.6 is 0 Å². The summed E-state index contributed by atoms with van der Waals surface area (Å²) in [6, 6.07) is 10.6. The largest absolute Gasteiger partial charge is 0.464 e. The number of hydrogen-bond donors (Lipinski definition) is 0. The zero-order valence-corrected chi connectivity index (χ0v) is 12.3. The minimum atomic E-state index is 0.822. The Hall–Kier alpha value is -1.50. The van der Waals surface area contributed by atoms with Crippen molar-refractivity contribution in [2.24, 2.45) is 5.92 Å². The minimum absolute atomic E-state index is 0.822. The van der Waals surface area contributed by atoms with Gasteiger partial charge in [0, 0.05) is 5.56 Å². The van der Waals surface area contributed by atoms with Crippen LogP contribution in [-0.4, -0.2) is 0 Å². The summed E-state index contributed by atoms with van der Waals surface area (Å²) in [4.78, 5) is 0. The van der Waals surface area contributed by atoms with Gasteiger partial charge in [-0.05, 0) is 55.0 Å². The quantitative estimate of drug-likeness (QED) is 0.611. The average Bonchev–Trinajstić information content (AvgIpc) is 2.89. The average molecular weight is 256 g/mol. The first-order valence-electron chi connectivity index (χ1n) is 7.30. The van der Waals surface area contributed by atoms with E-state index in [1.807, 2.05) is 12.1 Å². The highest BCUT2D eigenvalue weighted by atomic mass is 16.3. The van der Waals surface area contributed by atoms with Crippen molar-refractivity contribution in [3.8, 4) is 11.3 Å². The van der Waals surface area contributed by atoms with E-state index in [9.17, 15) is 0 Å². The molecule has 1 nitrogen and oxygen atoms in total. The molecule has 0 N–H and O–H groups in total. The molecular formula is C18H24O. The van der Waals surface area contributed by atoms with Crippen LogP contribution in [0.15, 0.2) is 41.0 Å². The van der Waals surface area contributed by atoms with Crippen LogP contribution in [0.3, 0.4) is 0 Å². The third-order valence-electron chi connectivity index (χ3n) is 3.63. The molecule has 1 heterocycles. The van der Waals surface area contributed by atoms with E-state index in [1.54, 1.807) is 6.26 Å². The summed E-state index contributed by atoms with van der Waals surface area (Å²) in [5.74, 6) is 1.77. The first kappa shape index (κ1) is 13.9. The van der Waals surface area contributed by atoms with Crippen LogP contribution < -0.4 is 0 Å². The summed E-state index contributed by atoms with van der Waals surface area (Å²) in [7, 11) is 0. The molecule has 0 bridgehead atoms. The molecule has 1 aromatic heterocycles. The maximum atomic E-state index is 5.44. The topological polar surface area (TPSA) is 13.1 Å². The normalized spacial score (nSPS) is 11.2. The molecule has 0 saturated heterocycles. The monoisotopic (exact) mass is 256 g/mol. The third-order valence-corrected chi connectivity index (χ3v) is 3.63. The van der Waals surface area contributed by atoms with Gasteiger partial charge in [0.2, 0.25) is 0 Å². The molecule has 0 unspecified atom stereocenters. The van der Waals surface area contributed by atoms with E-state index in [0.29, 0.717) is 0 Å². The van der Waals surface area contributed by atoms with Gasteiger partial charge in [0.15, 0.2) is 0 Å². The second-order valence-electron chi connectivity index (χ2n) is 5.76. The Morgan fingerprint density at radius 3 is 2.58 bits per heavy atom. The van der Waals surface area contributed by atoms with Crippen molar-refractivity contribution < 1.29 is 4.42 Å². The Morgan fingerprint density at radius 2 is 1.95 bits per heavy atom. The van der Waals surface area contributed by atoms with Gasteiger partial charge in [-0.25, -0.2) is 0 Å². The van der Waals surface area contributed by atoms with Gasteiger partial charge in [0.1, 0.15) is 5.76 Å². The second-order valence-corrected chi connectivity index (χ2v) is 5.76. The standard InChI is InChI=1S/C18H24O/c1-14(2)7-4-5-8-16-10-11-17(13-15(16)3)18-9-6-12-19-18/h6,9-14H,4-5,7-8H2,1-3H3. The number of furan rings is 1. The van der Waals surface area contributed by atoms with Crippen LogP contribution in [0.4, 0.5) is 0 Å². The molecular weight excluding hydrogens is 232 g/mol. The fourth-order valence-corrected chi connectivity index (χ4v) is 2.44. The molecule has 102 valence electrons. The molecule has 0 aliphatic carbocycles. The number of aryl methyl sites for hydroxylation is 2. The molecule has 1 heteroatoms. The summed E-state index contributed by atoms with van der Waals surface area (Å²) >= 11 is 0. The fraction of sp³-hybridized carbons (Fsp3) is 0.444. The summed E-state index contributed by atoms with van der Waals surface area (Å²) in [6.45, 7) is 6.79. The van der Waals surface area contributed by atoms with E-state index in [2.05, 4.69) is 39.0 Å². The number of unbranched alkanes of at least 4 members (excludes halogenated alkanes) is 1. The summed E-state index contributed by atoms with van der Waals surface area (Å²) in [6.07, 6.45) is 6.88. The van der Waals surface area contributed by atoms with Crippen LogP contribution in [0, 0.1) is 12.8 Å². The zero-order valence-electron chi connectivity index (χ0n) is 12.3. The van der Waals surface area contributed by atoms with E-state index in [4.69, 9.17) is 4.42 Å². The van der Waals surface area contributed by atoms with Gasteiger partial charge in [-0.2, -0.15) is 0 Å². The molecule has 0 spiro atoms. The van der Waals surface area contributed by atoms with Crippen molar-refractivity contribution in [1.29, 1.82) is 0 Å². The van der Waals surface area contributed by atoms with Gasteiger partial charge in [-0.3, -0.25) is 0 Å². The van der Waals surface area contributed by atoms with E-state index >= 15 is 0 Å². The number of rotatable bonds is 6. The molecule has 0 radical (unpaired) electrons. The molecule has 0 amide bonds. The van der Waals surface area contributed by atoms with Crippen molar-refractivity contribution in [1.82, 2.24) is 0 Å². The van der Waals surface area contributed by atoms with Crippen molar-refractivity contribution in [2.45, 2.75) is 46.5 Å². The molecule has 0 aliphatic heterocycles. The van der Waals surface area contributed by atoms with Gasteiger partial charge in [0.25, 0.3) is 0 Å². The molecule has 0 atom stereocenters. The summed E-state index contributed by atoms with van der Waals surface area (Å²) in [5.41, 5.74) is 4.02. The van der Waals surface area contributed by atoms with Gasteiger partial charge < -0.3 is 4.42 Å². The van der Waals surface area contributed by atoms with Crippen LogP contribution in [0.1, 0.15) is 44.2 Å². The number of hydrogen-bond acceptors (Lipinski definition) is 1. The number of benzene rings is 1. The van der Waals surface area contributed by atoms with Crippen LogP contribution in [0.2, 0.25) is 0 Å². The first-order chi connectivity index (χ1) is 9.16. The van der Waals surface area contributed by atoms with E-state index in [1.165, 1.54) is 42.4 Å². The molecule has 0 fully saturated rings. The van der Waals surface area contributed by atoms with Crippen LogP contribution in [-0.2, 0) is 6.42 Å². The molecule has 19 heavy (non-hydrogen) atoms. The Morgan fingerprint density at radius 1 is 1.11 bits per heavy atom. The van der Waals surface area contributed by atoms with Crippen molar-refractivity contribution in [3.63, 3.8) is 0 Å². The first-order valence-corrected chi connectivity index (χ1v) is 7.30. The lowest BCUT2D eigenvalue weighted by atomic mass is 9.97. The van der Waals surface area contributed by atoms with Crippen LogP contribution in [0.25, 0.3) is 11.3 Å². The maximum Gasteiger partial charge on any atom is 0.133 e. The highest BCUT2D eigenvalue weighted by Crippen LogP contribution is 2.23. The zero-order chi connectivity index (χ0) is 13.7. The Bertz CT molecular complexity index is 494. The van der Waals surface area contributed by atoms with E-state index in [0.717, 1.165) is 11.7 Å². The smallest absolute Gasteiger partial charge is 0.133 e. The minimum Gasteiger partial charge on any atom is -0.464 e. The lowest BCUT2D eigenvalue weighted by molar-refractivity contribution is 0.538. The Balaban J connectivity index is 1.96. The van der Waals surface area contributed by atoms with Crippen molar-refractivity contribution in [2.75, 3.05) is 0 Å². The molecule has 1 aromatic carbocycles. The summed E-state index contributed by atoms with van der Waals surface area (Å²) < 4.78 is 5.44. The SMILES string of the molecule is Cc1cc(-c2ccco2)ccc1CCCCC(C)C. The fourth-order valence-electron chi connectivity index (χ4n) is 2.44. The maximum absolute atomic E-state index is 5.44. The molecule has 2 rings (SSSR count). The van der Waals surface area contributed by atoms with Gasteiger partial charge in [-0.1, -0.05) is 38.8 Å². The van der Waals surface area contributed by atoms with Crippen LogP contribution in [0.5, 0.6) is 0 Å². The summed E-state index contributed by atoms with van der Waals surface area (Å²) in [5, 5.41) is 0. The highest BCUT2D eigenvalue weighted by molar-refractivity contribution is 5.59. The molecule has 0 aliphatic rings. The Kier molecular flexibility index (Phi) is 4.84.